The molecule has 1 N–H and O–H groups in total. The van der Waals surface area contributed by atoms with Gasteiger partial charge in [0.2, 0.25) is 15.9 Å². The van der Waals surface area contributed by atoms with Gasteiger partial charge in [-0.1, -0.05) is 17.7 Å². The van der Waals surface area contributed by atoms with E-state index in [1.165, 1.54) is 20.1 Å². The molecule has 2 aromatic carbocycles. The first-order valence-electron chi connectivity index (χ1n) is 8.25. The predicted octanol–water partition coefficient (Wildman–Crippen LogP) is 3.76. The molecule has 0 saturated carbocycles. The van der Waals surface area contributed by atoms with Gasteiger partial charge in [0, 0.05) is 10.7 Å². The third kappa shape index (κ3) is 5.14. The number of methoxy groups -OCH3 is 1. The van der Waals surface area contributed by atoms with Crippen LogP contribution in [-0.2, 0) is 14.8 Å². The van der Waals surface area contributed by atoms with Crippen molar-refractivity contribution in [3.8, 4) is 5.75 Å². The van der Waals surface area contributed by atoms with Crippen LogP contribution in [0.15, 0.2) is 36.4 Å². The van der Waals surface area contributed by atoms with Gasteiger partial charge in [0.1, 0.15) is 11.8 Å². The van der Waals surface area contributed by atoms with E-state index in [1.54, 1.807) is 12.1 Å². The highest BCUT2D eigenvalue weighted by Crippen LogP contribution is 2.34. The molecular formula is C19H23ClN2O4S. The van der Waals surface area contributed by atoms with Crippen molar-refractivity contribution in [2.75, 3.05) is 23.0 Å². The van der Waals surface area contributed by atoms with Gasteiger partial charge in [-0.05, 0) is 62.2 Å². The van der Waals surface area contributed by atoms with Gasteiger partial charge in [-0.2, -0.15) is 0 Å². The Hall–Kier alpha value is -2.25. The normalized spacial score (nSPS) is 12.4. The maximum Gasteiger partial charge on any atom is 0.247 e. The van der Waals surface area contributed by atoms with E-state index in [9.17, 15) is 13.2 Å². The van der Waals surface area contributed by atoms with Crippen LogP contribution in [0.4, 0.5) is 11.4 Å². The van der Waals surface area contributed by atoms with Crippen LogP contribution in [0, 0.1) is 13.8 Å². The van der Waals surface area contributed by atoms with Crippen molar-refractivity contribution in [1.82, 2.24) is 0 Å². The van der Waals surface area contributed by atoms with Gasteiger partial charge in [-0.3, -0.25) is 9.10 Å². The SMILES string of the molecule is COc1ccc(Cl)cc1N([C@H](C)C(=O)Nc1cc(C)cc(C)c1)S(C)(=O)=O. The molecule has 0 aromatic heterocycles. The highest BCUT2D eigenvalue weighted by Gasteiger charge is 2.31. The number of hydrogen-bond acceptors (Lipinski definition) is 4. The average molecular weight is 411 g/mol. The average Bonchev–Trinajstić information content (AvgIpc) is 2.52. The minimum atomic E-state index is -3.79. The second kappa shape index (κ2) is 8.19. The maximum absolute atomic E-state index is 12.8. The van der Waals surface area contributed by atoms with Gasteiger partial charge in [0.05, 0.1) is 19.1 Å². The van der Waals surface area contributed by atoms with Gasteiger partial charge >= 0.3 is 0 Å². The van der Waals surface area contributed by atoms with Gasteiger partial charge in [0.25, 0.3) is 0 Å². The number of nitrogens with zero attached hydrogens (tertiary/aromatic N) is 1. The Morgan fingerprint density at radius 1 is 1.15 bits per heavy atom. The van der Waals surface area contributed by atoms with Crippen molar-refractivity contribution in [2.24, 2.45) is 0 Å². The molecule has 8 heteroatoms. The van der Waals surface area contributed by atoms with Crippen molar-refractivity contribution in [2.45, 2.75) is 26.8 Å². The molecule has 0 aliphatic carbocycles. The lowest BCUT2D eigenvalue weighted by Gasteiger charge is -2.29. The van der Waals surface area contributed by atoms with Crippen LogP contribution in [0.25, 0.3) is 0 Å². The largest absolute Gasteiger partial charge is 0.495 e. The van der Waals surface area contributed by atoms with Crippen molar-refractivity contribution >= 4 is 38.9 Å². The zero-order valence-electron chi connectivity index (χ0n) is 15.9. The first kappa shape index (κ1) is 21.1. The van der Waals surface area contributed by atoms with Gasteiger partial charge in [0.15, 0.2) is 0 Å². The third-order valence-corrected chi connectivity index (χ3v) is 5.42. The quantitative estimate of drug-likeness (QED) is 0.786. The van der Waals surface area contributed by atoms with Gasteiger partial charge in [-0.25, -0.2) is 8.42 Å². The van der Waals surface area contributed by atoms with E-state index in [4.69, 9.17) is 16.3 Å². The summed E-state index contributed by atoms with van der Waals surface area (Å²) in [6.07, 6.45) is 1.04. The summed E-state index contributed by atoms with van der Waals surface area (Å²) in [5.41, 5.74) is 2.80. The molecule has 2 aromatic rings. The molecule has 6 nitrogen and oxygen atoms in total. The van der Waals surface area contributed by atoms with E-state index in [0.29, 0.717) is 16.5 Å². The van der Waals surface area contributed by atoms with Crippen LogP contribution in [0.2, 0.25) is 5.02 Å². The van der Waals surface area contributed by atoms with Crippen LogP contribution in [0.1, 0.15) is 18.1 Å². The smallest absolute Gasteiger partial charge is 0.247 e. The van der Waals surface area contributed by atoms with Crippen molar-refractivity contribution in [3.63, 3.8) is 0 Å². The molecule has 1 atom stereocenters. The molecule has 0 aliphatic heterocycles. The number of aryl methyl sites for hydroxylation is 2. The van der Waals surface area contributed by atoms with E-state index in [2.05, 4.69) is 5.32 Å². The molecule has 0 aliphatic rings. The standard InChI is InChI=1S/C19H23ClN2O4S/c1-12-8-13(2)10-16(9-12)21-19(23)14(3)22(27(5,24)25)17-11-15(20)6-7-18(17)26-4/h6-11,14H,1-5H3,(H,21,23)/t14-/m1/s1. The first-order chi connectivity index (χ1) is 12.5. The minimum absolute atomic E-state index is 0.204. The molecular weight excluding hydrogens is 388 g/mol. The number of anilines is 2. The Balaban J connectivity index is 2.42. The van der Waals surface area contributed by atoms with Crippen LogP contribution >= 0.6 is 11.6 Å². The predicted molar refractivity (Wildman–Crippen MR) is 109 cm³/mol. The summed E-state index contributed by atoms with van der Waals surface area (Å²) in [6, 6.07) is 9.22. The summed E-state index contributed by atoms with van der Waals surface area (Å²) >= 11 is 6.04. The van der Waals surface area contributed by atoms with Crippen LogP contribution < -0.4 is 14.4 Å². The Bertz CT molecular complexity index is 940. The lowest BCUT2D eigenvalue weighted by atomic mass is 10.1. The van der Waals surface area contributed by atoms with Crippen LogP contribution in [0.5, 0.6) is 5.75 Å². The number of benzene rings is 2. The zero-order chi connectivity index (χ0) is 20.4. The molecule has 2 rings (SSSR count). The second-order valence-electron chi connectivity index (χ2n) is 6.42. The molecule has 0 heterocycles. The molecule has 0 bridgehead atoms. The number of rotatable bonds is 6. The van der Waals surface area contributed by atoms with Crippen molar-refractivity contribution < 1.29 is 17.9 Å². The fourth-order valence-corrected chi connectivity index (χ4v) is 4.25. The maximum atomic E-state index is 12.8. The van der Waals surface area contributed by atoms with E-state index in [0.717, 1.165) is 21.7 Å². The van der Waals surface area contributed by atoms with Crippen LogP contribution in [0.3, 0.4) is 0 Å². The van der Waals surface area contributed by atoms with E-state index >= 15 is 0 Å². The molecule has 0 spiro atoms. The molecule has 27 heavy (non-hydrogen) atoms. The molecule has 0 saturated heterocycles. The monoisotopic (exact) mass is 410 g/mol. The van der Waals surface area contributed by atoms with Crippen molar-refractivity contribution in [3.05, 3.63) is 52.5 Å². The number of nitrogens with one attached hydrogen (secondary N) is 1. The van der Waals surface area contributed by atoms with Gasteiger partial charge < -0.3 is 10.1 Å². The van der Waals surface area contributed by atoms with Crippen LogP contribution in [-0.4, -0.2) is 33.7 Å². The zero-order valence-corrected chi connectivity index (χ0v) is 17.5. The molecule has 1 amide bonds. The number of hydrogen-bond donors (Lipinski definition) is 1. The Kier molecular flexibility index (Phi) is 6.38. The Morgan fingerprint density at radius 3 is 2.26 bits per heavy atom. The minimum Gasteiger partial charge on any atom is -0.495 e. The highest BCUT2D eigenvalue weighted by molar-refractivity contribution is 7.92. The topological polar surface area (TPSA) is 75.7 Å². The van der Waals surface area contributed by atoms with Crippen molar-refractivity contribution in [1.29, 1.82) is 0 Å². The highest BCUT2D eigenvalue weighted by atomic mass is 35.5. The number of carbonyl (C=O) groups is 1. The number of sulfonamides is 1. The summed E-state index contributed by atoms with van der Waals surface area (Å²) < 4.78 is 31.2. The lowest BCUT2D eigenvalue weighted by molar-refractivity contribution is -0.116. The Labute approximate surface area is 165 Å². The van der Waals surface area contributed by atoms with E-state index < -0.39 is 22.0 Å². The number of ether oxygens (including phenoxy) is 1. The summed E-state index contributed by atoms with van der Waals surface area (Å²) in [7, 11) is -2.36. The lowest BCUT2D eigenvalue weighted by Crippen LogP contribution is -2.45. The summed E-state index contributed by atoms with van der Waals surface area (Å²) in [4.78, 5) is 12.8. The molecule has 0 fully saturated rings. The second-order valence-corrected chi connectivity index (χ2v) is 8.71. The first-order valence-corrected chi connectivity index (χ1v) is 10.5. The molecule has 0 unspecified atom stereocenters. The molecule has 0 radical (unpaired) electrons. The fraction of sp³-hybridized carbons (Fsp3) is 0.316. The summed E-state index contributed by atoms with van der Waals surface area (Å²) in [5, 5.41) is 3.11. The Morgan fingerprint density at radius 2 is 1.74 bits per heavy atom. The summed E-state index contributed by atoms with van der Waals surface area (Å²) in [5.74, 6) is -0.164. The van der Waals surface area contributed by atoms with E-state index in [1.807, 2.05) is 32.0 Å². The van der Waals surface area contributed by atoms with E-state index in [-0.39, 0.29) is 5.69 Å². The number of carbonyl (C=O) groups excluding carboxylic acids is 1. The molecule has 146 valence electrons. The number of amides is 1. The van der Waals surface area contributed by atoms with Gasteiger partial charge in [-0.15, -0.1) is 0 Å². The summed E-state index contributed by atoms with van der Waals surface area (Å²) in [6.45, 7) is 5.36. The number of halogens is 1. The fourth-order valence-electron chi connectivity index (χ4n) is 2.91. The third-order valence-electron chi connectivity index (χ3n) is 3.96.